The van der Waals surface area contributed by atoms with E-state index < -0.39 is 12.1 Å². The average molecular weight is 292 g/mol. The fourth-order valence-electron chi connectivity index (χ4n) is 2.27. The Morgan fingerprint density at radius 3 is 2.74 bits per heavy atom. The van der Waals surface area contributed by atoms with E-state index in [1.165, 1.54) is 18.3 Å². The second-order valence-corrected chi connectivity index (χ2v) is 5.78. The van der Waals surface area contributed by atoms with Crippen LogP contribution in [0.4, 0.5) is 23.9 Å². The van der Waals surface area contributed by atoms with Gasteiger partial charge in [-0.15, -0.1) is 11.3 Å². The van der Waals surface area contributed by atoms with Crippen molar-refractivity contribution in [3.63, 3.8) is 0 Å². The molecule has 1 aliphatic rings. The van der Waals surface area contributed by atoms with Crippen LogP contribution in [0.15, 0.2) is 6.07 Å². The van der Waals surface area contributed by atoms with Gasteiger partial charge in [-0.05, 0) is 18.9 Å². The predicted molar refractivity (Wildman–Crippen MR) is 69.7 cm³/mol. The molecule has 106 valence electrons. The van der Waals surface area contributed by atoms with Gasteiger partial charge in [0.25, 0.3) is 0 Å². The number of Topliss-reactive ketones (excluding diaryl/α,β-unsaturated/α-hetero) is 1. The van der Waals surface area contributed by atoms with Gasteiger partial charge >= 0.3 is 6.18 Å². The van der Waals surface area contributed by atoms with Crippen LogP contribution in [0.25, 0.3) is 0 Å². The Balaban J connectivity index is 2.18. The number of thiophene rings is 1. The number of hydrogen-bond donors (Lipinski definition) is 1. The Bertz CT molecular complexity index is 484. The number of nitrogen functional groups attached to an aromatic ring is 1. The molecule has 0 amide bonds. The lowest BCUT2D eigenvalue weighted by Crippen LogP contribution is -2.41. The third-order valence-corrected chi connectivity index (χ3v) is 4.58. The predicted octanol–water partition coefficient (Wildman–Crippen LogP) is 3.31. The van der Waals surface area contributed by atoms with E-state index in [0.29, 0.717) is 28.5 Å². The first-order chi connectivity index (χ1) is 8.79. The maximum absolute atomic E-state index is 12.7. The van der Waals surface area contributed by atoms with Gasteiger partial charge in [0.2, 0.25) is 0 Å². The minimum atomic E-state index is -4.16. The number of piperidine rings is 1. The summed E-state index contributed by atoms with van der Waals surface area (Å²) in [6.45, 7) is 1.92. The highest BCUT2D eigenvalue weighted by atomic mass is 32.1. The second kappa shape index (κ2) is 5.03. The first-order valence-corrected chi connectivity index (χ1v) is 6.82. The number of alkyl halides is 3. The summed E-state index contributed by atoms with van der Waals surface area (Å²) in [6.07, 6.45) is -3.50. The Labute approximate surface area is 113 Å². The number of hydrogen-bond acceptors (Lipinski definition) is 4. The van der Waals surface area contributed by atoms with Gasteiger partial charge < -0.3 is 10.6 Å². The van der Waals surface area contributed by atoms with Crippen molar-refractivity contribution in [2.75, 3.05) is 23.7 Å². The lowest BCUT2D eigenvalue weighted by Gasteiger charge is -2.34. The zero-order chi connectivity index (χ0) is 14.2. The Hall–Kier alpha value is -1.24. The smallest absolute Gasteiger partial charge is 0.393 e. The van der Waals surface area contributed by atoms with Crippen molar-refractivity contribution in [3.05, 3.63) is 10.9 Å². The molecule has 2 rings (SSSR count). The number of nitrogens with zero attached hydrogens (tertiary/aromatic N) is 1. The van der Waals surface area contributed by atoms with Gasteiger partial charge in [0.05, 0.1) is 21.5 Å². The van der Waals surface area contributed by atoms with Gasteiger partial charge in [0.1, 0.15) is 0 Å². The summed E-state index contributed by atoms with van der Waals surface area (Å²) >= 11 is 1.17. The molecular weight excluding hydrogens is 277 g/mol. The molecule has 0 saturated carbocycles. The topological polar surface area (TPSA) is 46.3 Å². The highest BCUT2D eigenvalue weighted by Crippen LogP contribution is 2.38. The third-order valence-electron chi connectivity index (χ3n) is 3.26. The zero-order valence-electron chi connectivity index (χ0n) is 10.5. The maximum atomic E-state index is 12.7. The maximum Gasteiger partial charge on any atom is 0.393 e. The zero-order valence-corrected chi connectivity index (χ0v) is 11.3. The monoisotopic (exact) mass is 292 g/mol. The van der Waals surface area contributed by atoms with Crippen molar-refractivity contribution in [1.82, 2.24) is 0 Å². The number of carbonyl (C=O) groups excluding carboxylic acids is 1. The van der Waals surface area contributed by atoms with Crippen molar-refractivity contribution >= 4 is 27.8 Å². The third kappa shape index (κ3) is 3.02. The van der Waals surface area contributed by atoms with Crippen molar-refractivity contribution in [1.29, 1.82) is 0 Å². The molecule has 1 aliphatic heterocycles. The van der Waals surface area contributed by atoms with Crippen molar-refractivity contribution in [2.45, 2.75) is 25.9 Å². The molecule has 2 heterocycles. The van der Waals surface area contributed by atoms with Crippen LogP contribution in [0.3, 0.4) is 0 Å². The highest BCUT2D eigenvalue weighted by molar-refractivity contribution is 7.18. The Kier molecular flexibility index (Phi) is 3.75. The first-order valence-electron chi connectivity index (χ1n) is 6.01. The van der Waals surface area contributed by atoms with E-state index in [2.05, 4.69) is 0 Å². The van der Waals surface area contributed by atoms with Crippen LogP contribution < -0.4 is 10.6 Å². The Morgan fingerprint density at radius 1 is 1.53 bits per heavy atom. The van der Waals surface area contributed by atoms with Crippen LogP contribution in [0.5, 0.6) is 0 Å². The van der Waals surface area contributed by atoms with Crippen LogP contribution in [-0.2, 0) is 0 Å². The summed E-state index contributed by atoms with van der Waals surface area (Å²) in [5.74, 6) is -1.46. The molecule has 2 N–H and O–H groups in total. The summed E-state index contributed by atoms with van der Waals surface area (Å²) < 4.78 is 38.2. The van der Waals surface area contributed by atoms with Gasteiger partial charge in [-0.1, -0.05) is 0 Å². The van der Waals surface area contributed by atoms with Gasteiger partial charge in [-0.3, -0.25) is 4.79 Å². The van der Waals surface area contributed by atoms with E-state index in [1.807, 2.05) is 0 Å². The molecule has 1 saturated heterocycles. The summed E-state index contributed by atoms with van der Waals surface area (Å²) in [5, 5.41) is 0.650. The van der Waals surface area contributed by atoms with E-state index in [1.54, 1.807) is 11.0 Å². The molecule has 0 bridgehead atoms. The largest absolute Gasteiger partial charge is 0.397 e. The number of ketones is 1. The summed E-state index contributed by atoms with van der Waals surface area (Å²) in [7, 11) is 0. The summed E-state index contributed by atoms with van der Waals surface area (Å²) in [4.78, 5) is 13.4. The van der Waals surface area contributed by atoms with E-state index in [4.69, 9.17) is 5.73 Å². The molecule has 19 heavy (non-hydrogen) atoms. The molecule has 1 aromatic rings. The van der Waals surface area contributed by atoms with Crippen LogP contribution in [0, 0.1) is 5.92 Å². The molecule has 0 radical (unpaired) electrons. The fourth-order valence-corrected chi connectivity index (χ4v) is 3.28. The SMILES string of the molecule is CC(=O)c1sc(N2CCCC(C(F)(F)F)C2)cc1N. The van der Waals surface area contributed by atoms with E-state index >= 15 is 0 Å². The van der Waals surface area contributed by atoms with Gasteiger partial charge in [-0.25, -0.2) is 0 Å². The highest BCUT2D eigenvalue weighted by Gasteiger charge is 2.42. The lowest BCUT2D eigenvalue weighted by molar-refractivity contribution is -0.175. The normalized spacial score (nSPS) is 20.6. The molecular formula is C12H15F3N2OS. The van der Waals surface area contributed by atoms with Crippen molar-refractivity contribution in [3.8, 4) is 0 Å². The minimum absolute atomic E-state index is 0.0548. The van der Waals surface area contributed by atoms with E-state index in [9.17, 15) is 18.0 Å². The first kappa shape index (κ1) is 14.2. The van der Waals surface area contributed by atoms with Gasteiger partial charge in [-0.2, -0.15) is 13.2 Å². The molecule has 7 heteroatoms. The lowest BCUT2D eigenvalue weighted by atomic mass is 9.98. The Morgan fingerprint density at radius 2 is 2.21 bits per heavy atom. The quantitative estimate of drug-likeness (QED) is 0.851. The van der Waals surface area contributed by atoms with Crippen molar-refractivity contribution in [2.24, 2.45) is 5.92 Å². The van der Waals surface area contributed by atoms with Gasteiger partial charge in [0, 0.05) is 20.0 Å². The van der Waals surface area contributed by atoms with E-state index in [0.717, 1.165) is 0 Å². The second-order valence-electron chi connectivity index (χ2n) is 4.75. The standard InChI is InChI=1S/C12H15F3N2OS/c1-7(18)11-9(16)5-10(19-11)17-4-2-3-8(6-17)12(13,14)15/h5,8H,2-4,6,16H2,1H3. The average Bonchev–Trinajstić information content (AvgIpc) is 2.70. The van der Waals surface area contributed by atoms with E-state index in [-0.39, 0.29) is 18.7 Å². The number of carbonyl (C=O) groups is 1. The molecule has 1 aromatic heterocycles. The number of anilines is 2. The van der Waals surface area contributed by atoms with Crippen LogP contribution in [0.2, 0.25) is 0 Å². The molecule has 0 aliphatic carbocycles. The molecule has 3 nitrogen and oxygen atoms in total. The molecule has 0 spiro atoms. The molecule has 1 unspecified atom stereocenters. The summed E-state index contributed by atoms with van der Waals surface area (Å²) in [5.41, 5.74) is 6.06. The number of halogens is 3. The molecule has 0 aromatic carbocycles. The molecule has 1 atom stereocenters. The number of rotatable bonds is 2. The van der Waals surface area contributed by atoms with Crippen LogP contribution in [0.1, 0.15) is 29.4 Å². The van der Waals surface area contributed by atoms with Crippen LogP contribution in [-0.4, -0.2) is 25.0 Å². The number of nitrogens with two attached hydrogens (primary N) is 1. The van der Waals surface area contributed by atoms with Crippen molar-refractivity contribution < 1.29 is 18.0 Å². The van der Waals surface area contributed by atoms with Crippen LogP contribution >= 0.6 is 11.3 Å². The summed E-state index contributed by atoms with van der Waals surface area (Å²) in [6, 6.07) is 1.60. The fraction of sp³-hybridized carbons (Fsp3) is 0.583. The molecule has 1 fully saturated rings. The van der Waals surface area contributed by atoms with Gasteiger partial charge in [0.15, 0.2) is 5.78 Å². The minimum Gasteiger partial charge on any atom is -0.397 e.